The van der Waals surface area contributed by atoms with Gasteiger partial charge in [0.15, 0.2) is 0 Å². The summed E-state index contributed by atoms with van der Waals surface area (Å²) in [6.07, 6.45) is 43.8. The van der Waals surface area contributed by atoms with Gasteiger partial charge >= 0.3 is 0 Å². The predicted molar refractivity (Wildman–Crippen MR) is 189 cm³/mol. The minimum absolute atomic E-state index is 0.0503. The molecule has 0 unspecified atom stereocenters. The summed E-state index contributed by atoms with van der Waals surface area (Å²) in [5, 5.41) is 23.0. The van der Waals surface area contributed by atoms with E-state index in [1.165, 1.54) is 135 Å². The van der Waals surface area contributed by atoms with Gasteiger partial charge < -0.3 is 15.5 Å². The standard InChI is InChI=1S/C39H75NO3/c1-3-5-7-9-11-13-15-17-19-21-22-24-26-28-30-32-34-38(42)37(36-41)40-39(43)35-33-31-29-27-25-23-20-18-16-14-12-10-8-6-4-2/h18,20,24,26,37-38,41-42H,3-17,19,21-23,25,27-36H2,1-2H3,(H,40,43)/b20-18+,26-24+/t37-,38+/m0/s1. The number of rotatable bonds is 34. The van der Waals surface area contributed by atoms with Crippen LogP contribution in [0.5, 0.6) is 0 Å². The Morgan fingerprint density at radius 3 is 1.28 bits per heavy atom. The molecule has 4 nitrogen and oxygen atoms in total. The van der Waals surface area contributed by atoms with Crippen molar-refractivity contribution in [3.63, 3.8) is 0 Å². The van der Waals surface area contributed by atoms with E-state index in [2.05, 4.69) is 43.5 Å². The molecule has 0 saturated heterocycles. The summed E-state index contributed by atoms with van der Waals surface area (Å²) < 4.78 is 0. The fraction of sp³-hybridized carbons (Fsp3) is 0.872. The van der Waals surface area contributed by atoms with Gasteiger partial charge in [-0.25, -0.2) is 0 Å². The first kappa shape index (κ1) is 41.9. The third-order valence-corrected chi connectivity index (χ3v) is 8.68. The van der Waals surface area contributed by atoms with Gasteiger partial charge in [-0.1, -0.05) is 154 Å². The van der Waals surface area contributed by atoms with E-state index in [9.17, 15) is 15.0 Å². The number of amides is 1. The number of hydrogen-bond acceptors (Lipinski definition) is 3. The highest BCUT2D eigenvalue weighted by atomic mass is 16.3. The Labute approximate surface area is 269 Å². The molecule has 0 heterocycles. The van der Waals surface area contributed by atoms with Crippen LogP contribution in [-0.2, 0) is 4.79 Å². The van der Waals surface area contributed by atoms with E-state index in [-0.39, 0.29) is 12.5 Å². The Balaban J connectivity index is 3.61. The zero-order chi connectivity index (χ0) is 31.5. The quantitative estimate of drug-likeness (QED) is 0.0505. The van der Waals surface area contributed by atoms with E-state index >= 15 is 0 Å². The van der Waals surface area contributed by atoms with Crippen LogP contribution in [0.25, 0.3) is 0 Å². The smallest absolute Gasteiger partial charge is 0.220 e. The molecular formula is C39H75NO3. The van der Waals surface area contributed by atoms with E-state index in [1.807, 2.05) is 0 Å². The largest absolute Gasteiger partial charge is 0.394 e. The summed E-state index contributed by atoms with van der Waals surface area (Å²) in [4.78, 5) is 12.3. The monoisotopic (exact) mass is 606 g/mol. The number of nitrogens with one attached hydrogen (secondary N) is 1. The maximum absolute atomic E-state index is 12.3. The highest BCUT2D eigenvalue weighted by Crippen LogP contribution is 2.13. The van der Waals surface area contributed by atoms with Gasteiger partial charge in [0, 0.05) is 6.42 Å². The number of allylic oxidation sites excluding steroid dienone is 4. The molecular weight excluding hydrogens is 530 g/mol. The van der Waals surface area contributed by atoms with Crippen LogP contribution >= 0.6 is 0 Å². The summed E-state index contributed by atoms with van der Waals surface area (Å²) in [6, 6.07) is -0.553. The molecule has 254 valence electrons. The van der Waals surface area contributed by atoms with Gasteiger partial charge in [0.1, 0.15) is 0 Å². The molecule has 0 aromatic carbocycles. The maximum atomic E-state index is 12.3. The first-order chi connectivity index (χ1) is 21.2. The van der Waals surface area contributed by atoms with Crippen molar-refractivity contribution in [2.45, 2.75) is 212 Å². The summed E-state index contributed by atoms with van der Waals surface area (Å²) in [6.45, 7) is 4.33. The molecule has 0 aliphatic heterocycles. The van der Waals surface area contributed by atoms with Crippen LogP contribution in [0.4, 0.5) is 0 Å². The normalized spacial score (nSPS) is 13.3. The molecule has 0 aliphatic rings. The predicted octanol–water partition coefficient (Wildman–Crippen LogP) is 11.3. The molecule has 0 saturated carbocycles. The van der Waals surface area contributed by atoms with Gasteiger partial charge in [0.25, 0.3) is 0 Å². The maximum Gasteiger partial charge on any atom is 0.220 e. The van der Waals surface area contributed by atoms with Gasteiger partial charge in [-0.15, -0.1) is 0 Å². The average molecular weight is 606 g/mol. The molecule has 43 heavy (non-hydrogen) atoms. The van der Waals surface area contributed by atoms with Crippen molar-refractivity contribution in [1.82, 2.24) is 5.32 Å². The highest BCUT2D eigenvalue weighted by Gasteiger charge is 2.19. The minimum atomic E-state index is -0.682. The van der Waals surface area contributed by atoms with Crippen LogP contribution in [0.15, 0.2) is 24.3 Å². The third-order valence-electron chi connectivity index (χ3n) is 8.68. The molecule has 3 N–H and O–H groups in total. The van der Waals surface area contributed by atoms with E-state index in [1.54, 1.807) is 0 Å². The second-order valence-electron chi connectivity index (χ2n) is 13.0. The number of unbranched alkanes of at least 4 members (excludes halogenated alkanes) is 23. The zero-order valence-electron chi connectivity index (χ0n) is 29.0. The van der Waals surface area contributed by atoms with Gasteiger partial charge in [0.2, 0.25) is 5.91 Å². The lowest BCUT2D eigenvalue weighted by Gasteiger charge is -2.22. The Morgan fingerprint density at radius 1 is 0.535 bits per heavy atom. The second kappa shape index (κ2) is 35.4. The Bertz CT molecular complexity index is 618. The van der Waals surface area contributed by atoms with Crippen molar-refractivity contribution in [3.05, 3.63) is 24.3 Å². The first-order valence-corrected chi connectivity index (χ1v) is 19.0. The minimum Gasteiger partial charge on any atom is -0.394 e. The van der Waals surface area contributed by atoms with E-state index in [4.69, 9.17) is 0 Å². The van der Waals surface area contributed by atoms with Gasteiger partial charge in [-0.3, -0.25) is 4.79 Å². The first-order valence-electron chi connectivity index (χ1n) is 19.0. The van der Waals surface area contributed by atoms with Crippen molar-refractivity contribution in [2.24, 2.45) is 0 Å². The van der Waals surface area contributed by atoms with E-state index < -0.39 is 12.1 Å². The van der Waals surface area contributed by atoms with Crippen LogP contribution in [0, 0.1) is 0 Å². The van der Waals surface area contributed by atoms with E-state index in [0.29, 0.717) is 12.8 Å². The third kappa shape index (κ3) is 32.1. The van der Waals surface area contributed by atoms with Crippen molar-refractivity contribution in [2.75, 3.05) is 6.61 Å². The van der Waals surface area contributed by atoms with Gasteiger partial charge in [0.05, 0.1) is 18.8 Å². The molecule has 0 spiro atoms. The Kier molecular flexibility index (Phi) is 34.4. The molecule has 0 aromatic heterocycles. The van der Waals surface area contributed by atoms with Crippen molar-refractivity contribution < 1.29 is 15.0 Å². The fourth-order valence-electron chi connectivity index (χ4n) is 5.70. The second-order valence-corrected chi connectivity index (χ2v) is 13.0. The average Bonchev–Trinajstić information content (AvgIpc) is 3.01. The topological polar surface area (TPSA) is 69.6 Å². The van der Waals surface area contributed by atoms with Crippen molar-refractivity contribution >= 4 is 5.91 Å². The van der Waals surface area contributed by atoms with Crippen LogP contribution in [-0.4, -0.2) is 34.9 Å². The molecule has 0 aromatic rings. The molecule has 4 heteroatoms. The van der Waals surface area contributed by atoms with Crippen LogP contribution < -0.4 is 5.32 Å². The molecule has 1 amide bonds. The summed E-state index contributed by atoms with van der Waals surface area (Å²) >= 11 is 0. The van der Waals surface area contributed by atoms with Crippen LogP contribution in [0.1, 0.15) is 200 Å². The number of aliphatic hydroxyl groups is 2. The van der Waals surface area contributed by atoms with Crippen LogP contribution in [0.3, 0.4) is 0 Å². The summed E-state index contributed by atoms with van der Waals surface area (Å²) in [5.41, 5.74) is 0. The van der Waals surface area contributed by atoms with Gasteiger partial charge in [-0.05, 0) is 64.2 Å². The Morgan fingerprint density at radius 2 is 0.884 bits per heavy atom. The molecule has 0 rings (SSSR count). The number of hydrogen-bond donors (Lipinski definition) is 3. The SMILES string of the molecule is CCCCCCCC/C=C/CCCCCCCC(=O)N[C@@H](CO)[C@H](O)CCCC/C=C/CCCCCCCCCCCC. The summed E-state index contributed by atoms with van der Waals surface area (Å²) in [5.74, 6) is -0.0503. The van der Waals surface area contributed by atoms with Gasteiger partial charge in [-0.2, -0.15) is 0 Å². The number of aliphatic hydroxyl groups excluding tert-OH is 2. The fourth-order valence-corrected chi connectivity index (χ4v) is 5.70. The Hall–Kier alpha value is -1.13. The molecule has 0 fully saturated rings. The lowest BCUT2D eigenvalue weighted by molar-refractivity contribution is -0.123. The molecule has 0 radical (unpaired) electrons. The molecule has 0 bridgehead atoms. The molecule has 0 aliphatic carbocycles. The zero-order valence-corrected chi connectivity index (χ0v) is 29.0. The van der Waals surface area contributed by atoms with Crippen LogP contribution in [0.2, 0.25) is 0 Å². The van der Waals surface area contributed by atoms with Crippen molar-refractivity contribution in [3.8, 4) is 0 Å². The lowest BCUT2D eigenvalue weighted by atomic mass is 10.0. The highest BCUT2D eigenvalue weighted by molar-refractivity contribution is 5.76. The number of carbonyl (C=O) groups excluding carboxylic acids is 1. The van der Waals surface area contributed by atoms with Crippen molar-refractivity contribution in [1.29, 1.82) is 0 Å². The summed E-state index contributed by atoms with van der Waals surface area (Å²) in [7, 11) is 0. The number of carbonyl (C=O) groups is 1. The van der Waals surface area contributed by atoms with E-state index in [0.717, 1.165) is 38.5 Å². The lowest BCUT2D eigenvalue weighted by Crippen LogP contribution is -2.45. The molecule has 2 atom stereocenters.